The van der Waals surface area contributed by atoms with Crippen LogP contribution in [0, 0.1) is 20.8 Å². The van der Waals surface area contributed by atoms with E-state index in [0.717, 1.165) is 17.2 Å². The van der Waals surface area contributed by atoms with E-state index in [0.29, 0.717) is 0 Å². The van der Waals surface area contributed by atoms with Crippen molar-refractivity contribution in [2.75, 3.05) is 0 Å². The van der Waals surface area contributed by atoms with E-state index in [4.69, 9.17) is 13.6 Å². The van der Waals surface area contributed by atoms with Gasteiger partial charge in [-0.1, -0.05) is 89.5 Å². The predicted molar refractivity (Wildman–Crippen MR) is 129 cm³/mol. The molecule has 0 aliphatic rings. The first-order chi connectivity index (χ1) is 15.1. The molecule has 0 unspecified atom stereocenters. The molecule has 0 aromatic heterocycles. The van der Waals surface area contributed by atoms with Crippen molar-refractivity contribution < 1.29 is 13.6 Å². The zero-order valence-corrected chi connectivity index (χ0v) is 19.0. The molecule has 0 aliphatic heterocycles. The van der Waals surface area contributed by atoms with Gasteiger partial charge in [-0.05, 0) is 57.2 Å². The maximum atomic E-state index is 5.96. The van der Waals surface area contributed by atoms with Gasteiger partial charge in [0.2, 0.25) is 0 Å². The Balaban J connectivity index is 0.000000391. The Labute approximate surface area is 186 Å². The number of hydrogen-bond acceptors (Lipinski definition) is 3. The van der Waals surface area contributed by atoms with Gasteiger partial charge in [-0.2, -0.15) is 0 Å². The van der Waals surface area contributed by atoms with Crippen molar-refractivity contribution in [2.24, 2.45) is 0 Å². The summed E-state index contributed by atoms with van der Waals surface area (Å²) in [5.41, 5.74) is 3.53. The summed E-state index contributed by atoms with van der Waals surface area (Å²) < 4.78 is 17.9. The summed E-state index contributed by atoms with van der Waals surface area (Å²) in [5.74, 6) is 2.16. The first kappa shape index (κ1) is 22.4. The normalized spacial score (nSPS) is 10.1. The Kier molecular flexibility index (Phi) is 8.51. The Morgan fingerprint density at radius 2 is 0.613 bits per heavy atom. The van der Waals surface area contributed by atoms with Crippen LogP contribution in [0.5, 0.6) is 17.2 Å². The van der Waals surface area contributed by atoms with Crippen LogP contribution in [0.15, 0.2) is 109 Å². The Hall–Kier alpha value is -3.29. The molecule has 4 rings (SSSR count). The highest BCUT2D eigenvalue weighted by atomic mass is 31.2. The Morgan fingerprint density at radius 3 is 0.839 bits per heavy atom. The second-order valence-corrected chi connectivity index (χ2v) is 8.09. The van der Waals surface area contributed by atoms with Crippen LogP contribution in [0.2, 0.25) is 0 Å². The standard InChI is InChI=1S/C21H21O3P.C6H6/c1-16-4-10-19(11-5-16)22-25(23-20-12-6-17(2)7-13-20)24-21-14-8-18(3)9-15-21;1-2-4-6-5-3-1/h4-15H,1-3H3;1-6H. The van der Waals surface area contributed by atoms with Gasteiger partial charge in [0.1, 0.15) is 17.2 Å². The summed E-state index contributed by atoms with van der Waals surface area (Å²) in [7, 11) is -1.62. The summed E-state index contributed by atoms with van der Waals surface area (Å²) >= 11 is 0. The van der Waals surface area contributed by atoms with Gasteiger partial charge in [0.15, 0.2) is 0 Å². The molecule has 0 spiro atoms. The molecule has 0 heterocycles. The van der Waals surface area contributed by atoms with Crippen molar-refractivity contribution in [3.8, 4) is 17.2 Å². The third-order valence-corrected chi connectivity index (χ3v) is 5.35. The van der Waals surface area contributed by atoms with Gasteiger partial charge in [-0.15, -0.1) is 0 Å². The molecule has 0 atom stereocenters. The van der Waals surface area contributed by atoms with Gasteiger partial charge >= 0.3 is 8.60 Å². The molecule has 3 nitrogen and oxygen atoms in total. The van der Waals surface area contributed by atoms with E-state index < -0.39 is 8.60 Å². The second kappa shape index (κ2) is 11.8. The smallest absolute Gasteiger partial charge is 0.409 e. The highest BCUT2D eigenvalue weighted by molar-refractivity contribution is 7.43. The summed E-state index contributed by atoms with van der Waals surface area (Å²) in [6, 6.07) is 35.5. The maximum absolute atomic E-state index is 5.96. The van der Waals surface area contributed by atoms with Crippen LogP contribution < -0.4 is 13.6 Å². The minimum Gasteiger partial charge on any atom is -0.409 e. The first-order valence-corrected chi connectivity index (χ1v) is 11.2. The number of benzene rings is 4. The molecule has 0 fully saturated rings. The largest absolute Gasteiger partial charge is 0.530 e. The van der Waals surface area contributed by atoms with Crippen LogP contribution in [-0.2, 0) is 0 Å². The van der Waals surface area contributed by atoms with Crippen LogP contribution in [0.3, 0.4) is 0 Å². The number of aryl methyl sites for hydroxylation is 3. The van der Waals surface area contributed by atoms with Crippen LogP contribution >= 0.6 is 8.60 Å². The number of rotatable bonds is 6. The van der Waals surface area contributed by atoms with Gasteiger partial charge in [-0.3, -0.25) is 0 Å². The minimum atomic E-state index is -1.62. The monoisotopic (exact) mass is 430 g/mol. The van der Waals surface area contributed by atoms with Crippen molar-refractivity contribution in [1.82, 2.24) is 0 Å². The van der Waals surface area contributed by atoms with E-state index in [-0.39, 0.29) is 0 Å². The fourth-order valence-electron chi connectivity index (χ4n) is 2.50. The van der Waals surface area contributed by atoms with Gasteiger partial charge in [-0.25, -0.2) is 0 Å². The highest BCUT2D eigenvalue weighted by Gasteiger charge is 2.19. The quantitative estimate of drug-likeness (QED) is 0.290. The lowest BCUT2D eigenvalue weighted by Crippen LogP contribution is -2.02. The van der Waals surface area contributed by atoms with E-state index in [9.17, 15) is 0 Å². The van der Waals surface area contributed by atoms with Crippen LogP contribution in [-0.4, -0.2) is 0 Å². The molecule has 0 radical (unpaired) electrons. The van der Waals surface area contributed by atoms with Gasteiger partial charge in [0.05, 0.1) is 0 Å². The van der Waals surface area contributed by atoms with Crippen LogP contribution in [0.1, 0.15) is 16.7 Å². The van der Waals surface area contributed by atoms with E-state index >= 15 is 0 Å². The molecule has 0 saturated carbocycles. The molecule has 4 heteroatoms. The van der Waals surface area contributed by atoms with E-state index in [1.54, 1.807) is 0 Å². The van der Waals surface area contributed by atoms with E-state index in [2.05, 4.69) is 0 Å². The lowest BCUT2D eigenvalue weighted by atomic mass is 10.2. The van der Waals surface area contributed by atoms with E-state index in [1.165, 1.54) is 16.7 Å². The fraction of sp³-hybridized carbons (Fsp3) is 0.111. The van der Waals surface area contributed by atoms with Crippen molar-refractivity contribution in [3.63, 3.8) is 0 Å². The fourth-order valence-corrected chi connectivity index (χ4v) is 3.49. The molecule has 31 heavy (non-hydrogen) atoms. The third kappa shape index (κ3) is 8.16. The van der Waals surface area contributed by atoms with Crippen LogP contribution in [0.4, 0.5) is 0 Å². The van der Waals surface area contributed by atoms with Crippen molar-refractivity contribution in [1.29, 1.82) is 0 Å². The molecule has 0 aliphatic carbocycles. The second-order valence-electron chi connectivity index (χ2n) is 7.09. The first-order valence-electron chi connectivity index (χ1n) is 10.1. The molecular weight excluding hydrogens is 403 g/mol. The van der Waals surface area contributed by atoms with Crippen LogP contribution in [0.25, 0.3) is 0 Å². The highest BCUT2D eigenvalue weighted by Crippen LogP contribution is 2.42. The lowest BCUT2D eigenvalue weighted by molar-refractivity contribution is 0.388. The molecule has 0 saturated heterocycles. The number of hydrogen-bond donors (Lipinski definition) is 0. The average Bonchev–Trinajstić information content (AvgIpc) is 2.80. The Bertz CT molecular complexity index is 875. The van der Waals surface area contributed by atoms with Gasteiger partial charge in [0.25, 0.3) is 0 Å². The Morgan fingerprint density at radius 1 is 0.387 bits per heavy atom. The maximum Gasteiger partial charge on any atom is 0.530 e. The van der Waals surface area contributed by atoms with Crippen molar-refractivity contribution in [2.45, 2.75) is 20.8 Å². The van der Waals surface area contributed by atoms with Crippen molar-refractivity contribution >= 4 is 8.60 Å². The molecule has 4 aromatic rings. The van der Waals surface area contributed by atoms with Crippen molar-refractivity contribution in [3.05, 3.63) is 126 Å². The minimum absolute atomic E-state index is 0.718. The zero-order chi connectivity index (χ0) is 21.9. The summed E-state index contributed by atoms with van der Waals surface area (Å²) in [6.07, 6.45) is 0. The summed E-state index contributed by atoms with van der Waals surface area (Å²) in [4.78, 5) is 0. The molecule has 0 bridgehead atoms. The summed E-state index contributed by atoms with van der Waals surface area (Å²) in [6.45, 7) is 6.12. The van der Waals surface area contributed by atoms with Gasteiger partial charge in [0, 0.05) is 0 Å². The molecule has 0 amide bonds. The van der Waals surface area contributed by atoms with E-state index in [1.807, 2.05) is 130 Å². The average molecular weight is 430 g/mol. The SMILES string of the molecule is Cc1ccc(OP(Oc2ccc(C)cc2)Oc2ccc(C)cc2)cc1.c1ccccc1. The predicted octanol–water partition coefficient (Wildman–Crippen LogP) is 8.06. The zero-order valence-electron chi connectivity index (χ0n) is 18.1. The lowest BCUT2D eigenvalue weighted by Gasteiger charge is -2.18. The molecule has 0 N–H and O–H groups in total. The van der Waals surface area contributed by atoms with Gasteiger partial charge < -0.3 is 13.6 Å². The topological polar surface area (TPSA) is 27.7 Å². The summed E-state index contributed by atoms with van der Waals surface area (Å²) in [5, 5.41) is 0. The molecular formula is C27H27O3P. The molecule has 158 valence electrons. The molecule has 4 aromatic carbocycles. The third-order valence-electron chi connectivity index (χ3n) is 4.27.